The number of carbonyl (C=O) groups is 2. The molecule has 0 saturated heterocycles. The number of hydrogen-bond donors (Lipinski definition) is 2. The molecular weight excluding hydrogens is 168 g/mol. The van der Waals surface area contributed by atoms with E-state index in [1.54, 1.807) is 0 Å². The number of Topliss-reactive ketones (excluding diaryl/α,β-unsaturated/α-hetero) is 1. The van der Waals surface area contributed by atoms with Crippen LogP contribution < -0.4 is 5.73 Å². The lowest BCUT2D eigenvalue weighted by Gasteiger charge is -2.10. The summed E-state index contributed by atoms with van der Waals surface area (Å²) < 4.78 is 0. The summed E-state index contributed by atoms with van der Waals surface area (Å²) >= 11 is 0. The molecule has 1 aromatic rings. The Morgan fingerprint density at radius 3 is 2.92 bits per heavy atom. The highest BCUT2D eigenvalue weighted by molar-refractivity contribution is 6.02. The molecule has 0 radical (unpaired) electrons. The molecule has 0 aliphatic heterocycles. The second kappa shape index (κ2) is 2.73. The van der Waals surface area contributed by atoms with Gasteiger partial charge in [0.2, 0.25) is 0 Å². The molecule has 0 bridgehead atoms. The highest BCUT2D eigenvalue weighted by atomic mass is 16.1. The Morgan fingerprint density at radius 2 is 2.23 bits per heavy atom. The fourth-order valence-electron chi connectivity index (χ4n) is 1.73. The normalized spacial score (nSPS) is 15.5. The first-order valence-corrected chi connectivity index (χ1v) is 4.23. The Kier molecular flexibility index (Phi) is 1.69. The molecule has 13 heavy (non-hydrogen) atoms. The van der Waals surface area contributed by atoms with E-state index in [1.807, 2.05) is 0 Å². The smallest absolute Gasteiger partial charge is 0.250 e. The third-order valence-corrected chi connectivity index (χ3v) is 2.36. The lowest BCUT2D eigenvalue weighted by Crippen LogP contribution is -2.16. The molecule has 0 spiro atoms. The SMILES string of the molecule is NC(=O)c1c[nH]c2c1CCCC2=O. The first-order valence-electron chi connectivity index (χ1n) is 4.23. The van der Waals surface area contributed by atoms with Gasteiger partial charge in [0.05, 0.1) is 11.3 Å². The largest absolute Gasteiger partial charge is 0.366 e. The zero-order valence-electron chi connectivity index (χ0n) is 7.09. The third-order valence-electron chi connectivity index (χ3n) is 2.36. The average molecular weight is 178 g/mol. The first-order chi connectivity index (χ1) is 6.20. The van der Waals surface area contributed by atoms with Crippen LogP contribution in [0.4, 0.5) is 0 Å². The number of nitrogens with two attached hydrogens (primary N) is 1. The molecule has 0 atom stereocenters. The van der Waals surface area contributed by atoms with Crippen LogP contribution in [-0.4, -0.2) is 16.7 Å². The summed E-state index contributed by atoms with van der Waals surface area (Å²) in [6, 6.07) is 0. The minimum absolute atomic E-state index is 0.0775. The third kappa shape index (κ3) is 1.14. The van der Waals surface area contributed by atoms with Crippen molar-refractivity contribution in [2.45, 2.75) is 19.3 Å². The highest BCUT2D eigenvalue weighted by Gasteiger charge is 2.23. The van der Waals surface area contributed by atoms with E-state index in [4.69, 9.17) is 5.73 Å². The second-order valence-corrected chi connectivity index (χ2v) is 3.20. The summed E-state index contributed by atoms with van der Waals surface area (Å²) in [7, 11) is 0. The molecule has 1 aliphatic rings. The summed E-state index contributed by atoms with van der Waals surface area (Å²) in [4.78, 5) is 25.1. The van der Waals surface area contributed by atoms with Crippen LogP contribution in [0.2, 0.25) is 0 Å². The van der Waals surface area contributed by atoms with Crippen molar-refractivity contribution >= 4 is 11.7 Å². The van der Waals surface area contributed by atoms with Gasteiger partial charge in [-0.15, -0.1) is 0 Å². The maximum atomic E-state index is 11.3. The van der Waals surface area contributed by atoms with Gasteiger partial charge in [-0.25, -0.2) is 0 Å². The van der Waals surface area contributed by atoms with Crippen LogP contribution in [0.1, 0.15) is 39.3 Å². The number of ketones is 1. The van der Waals surface area contributed by atoms with Crippen molar-refractivity contribution in [2.75, 3.05) is 0 Å². The minimum Gasteiger partial charge on any atom is -0.366 e. The number of fused-ring (bicyclic) bond motifs is 1. The molecule has 1 aliphatic carbocycles. The van der Waals surface area contributed by atoms with E-state index in [2.05, 4.69) is 4.98 Å². The van der Waals surface area contributed by atoms with Gasteiger partial charge in [-0.05, 0) is 18.4 Å². The van der Waals surface area contributed by atoms with Gasteiger partial charge in [0.25, 0.3) is 5.91 Å². The molecule has 1 aromatic heterocycles. The summed E-state index contributed by atoms with van der Waals surface area (Å²) in [6.07, 6.45) is 3.66. The Morgan fingerprint density at radius 1 is 1.46 bits per heavy atom. The summed E-state index contributed by atoms with van der Waals surface area (Å²) in [5.41, 5.74) is 6.98. The Bertz CT molecular complexity index is 365. The molecule has 4 heteroatoms. The molecule has 3 N–H and O–H groups in total. The Balaban J connectivity index is 2.53. The molecular formula is C9H10N2O2. The lowest BCUT2D eigenvalue weighted by molar-refractivity contribution is 0.0968. The van der Waals surface area contributed by atoms with Crippen molar-refractivity contribution in [3.8, 4) is 0 Å². The van der Waals surface area contributed by atoms with E-state index in [1.165, 1.54) is 6.20 Å². The van der Waals surface area contributed by atoms with Gasteiger partial charge in [-0.2, -0.15) is 0 Å². The van der Waals surface area contributed by atoms with Gasteiger partial charge in [-0.3, -0.25) is 9.59 Å². The van der Waals surface area contributed by atoms with Gasteiger partial charge in [0.15, 0.2) is 5.78 Å². The first kappa shape index (κ1) is 8.04. The molecule has 0 unspecified atom stereocenters. The van der Waals surface area contributed by atoms with Crippen LogP contribution in [0.15, 0.2) is 6.20 Å². The zero-order valence-corrected chi connectivity index (χ0v) is 7.09. The van der Waals surface area contributed by atoms with Gasteiger partial charge in [0, 0.05) is 12.6 Å². The Hall–Kier alpha value is -1.58. The summed E-state index contributed by atoms with van der Waals surface area (Å²) in [6.45, 7) is 0. The zero-order chi connectivity index (χ0) is 9.42. The predicted molar refractivity (Wildman–Crippen MR) is 46.6 cm³/mol. The average Bonchev–Trinajstić information content (AvgIpc) is 2.48. The van der Waals surface area contributed by atoms with Crippen LogP contribution in [0, 0.1) is 0 Å². The number of aromatic amines is 1. The van der Waals surface area contributed by atoms with E-state index < -0.39 is 5.91 Å². The van der Waals surface area contributed by atoms with E-state index in [0.717, 1.165) is 18.4 Å². The van der Waals surface area contributed by atoms with Crippen LogP contribution in [0.5, 0.6) is 0 Å². The number of nitrogens with one attached hydrogen (secondary N) is 1. The van der Waals surface area contributed by atoms with Crippen molar-refractivity contribution in [2.24, 2.45) is 5.73 Å². The monoisotopic (exact) mass is 178 g/mol. The fourth-order valence-corrected chi connectivity index (χ4v) is 1.73. The molecule has 0 saturated carbocycles. The van der Waals surface area contributed by atoms with Crippen molar-refractivity contribution in [3.63, 3.8) is 0 Å². The highest BCUT2D eigenvalue weighted by Crippen LogP contribution is 2.23. The van der Waals surface area contributed by atoms with Crippen molar-refractivity contribution < 1.29 is 9.59 Å². The lowest BCUT2D eigenvalue weighted by atomic mass is 9.94. The number of primary amides is 1. The standard InChI is InChI=1S/C9H10N2O2/c10-9(13)6-4-11-8-5(6)2-1-3-7(8)12/h4,11H,1-3H2,(H2,10,13). The van der Waals surface area contributed by atoms with Crippen molar-refractivity contribution in [1.29, 1.82) is 0 Å². The summed E-state index contributed by atoms with van der Waals surface area (Å²) in [5.74, 6) is -0.388. The van der Waals surface area contributed by atoms with E-state index in [-0.39, 0.29) is 5.78 Å². The molecule has 0 fully saturated rings. The molecule has 68 valence electrons. The number of carbonyl (C=O) groups excluding carboxylic acids is 2. The van der Waals surface area contributed by atoms with Gasteiger partial charge >= 0.3 is 0 Å². The Labute approximate surface area is 75.1 Å². The van der Waals surface area contributed by atoms with Crippen LogP contribution in [0.3, 0.4) is 0 Å². The minimum atomic E-state index is -0.466. The van der Waals surface area contributed by atoms with Crippen molar-refractivity contribution in [1.82, 2.24) is 4.98 Å². The summed E-state index contributed by atoms with van der Waals surface area (Å²) in [5, 5.41) is 0. The topological polar surface area (TPSA) is 76.0 Å². The fraction of sp³-hybridized carbons (Fsp3) is 0.333. The second-order valence-electron chi connectivity index (χ2n) is 3.20. The molecule has 4 nitrogen and oxygen atoms in total. The maximum absolute atomic E-state index is 11.3. The van der Waals surface area contributed by atoms with Gasteiger partial charge in [0.1, 0.15) is 0 Å². The van der Waals surface area contributed by atoms with Gasteiger partial charge < -0.3 is 10.7 Å². The predicted octanol–water partition coefficient (Wildman–Crippen LogP) is 0.633. The van der Waals surface area contributed by atoms with Crippen LogP contribution in [-0.2, 0) is 6.42 Å². The molecule has 1 heterocycles. The van der Waals surface area contributed by atoms with Gasteiger partial charge in [-0.1, -0.05) is 0 Å². The van der Waals surface area contributed by atoms with E-state index in [9.17, 15) is 9.59 Å². The number of amides is 1. The quantitative estimate of drug-likeness (QED) is 0.661. The number of rotatable bonds is 1. The number of aromatic nitrogens is 1. The number of H-pyrrole nitrogens is 1. The molecule has 1 amide bonds. The molecule has 2 rings (SSSR count). The molecule has 0 aromatic carbocycles. The van der Waals surface area contributed by atoms with Crippen LogP contribution >= 0.6 is 0 Å². The maximum Gasteiger partial charge on any atom is 0.250 e. The van der Waals surface area contributed by atoms with E-state index >= 15 is 0 Å². The van der Waals surface area contributed by atoms with Crippen molar-refractivity contribution in [3.05, 3.63) is 23.0 Å². The van der Waals surface area contributed by atoms with E-state index in [0.29, 0.717) is 17.7 Å². The van der Waals surface area contributed by atoms with Crippen LogP contribution in [0.25, 0.3) is 0 Å². The number of hydrogen-bond acceptors (Lipinski definition) is 2.